The Kier molecular flexibility index (Phi) is 4.12. The van der Waals surface area contributed by atoms with Gasteiger partial charge < -0.3 is 9.88 Å². The van der Waals surface area contributed by atoms with E-state index in [-0.39, 0.29) is 11.3 Å². The minimum absolute atomic E-state index is 0.0802. The van der Waals surface area contributed by atoms with Crippen LogP contribution in [0.2, 0.25) is 0 Å². The number of rotatable bonds is 4. The van der Waals surface area contributed by atoms with Gasteiger partial charge in [0.05, 0.1) is 11.0 Å². The Morgan fingerprint density at radius 3 is 2.65 bits per heavy atom. The van der Waals surface area contributed by atoms with Crippen molar-refractivity contribution in [3.05, 3.63) is 30.1 Å². The van der Waals surface area contributed by atoms with Gasteiger partial charge in [0.1, 0.15) is 5.82 Å². The Morgan fingerprint density at radius 2 is 2.00 bits per heavy atom. The van der Waals surface area contributed by atoms with E-state index in [9.17, 15) is 4.79 Å². The zero-order valence-corrected chi connectivity index (χ0v) is 12.7. The zero-order valence-electron chi connectivity index (χ0n) is 12.7. The first-order chi connectivity index (χ1) is 9.43. The molecule has 2 rings (SSSR count). The number of aryl methyl sites for hydroxylation is 1. The third-order valence-electron chi connectivity index (χ3n) is 3.37. The molecular formula is C16H23N3O. The normalized spacial score (nSPS) is 11.8. The van der Waals surface area contributed by atoms with Crippen LogP contribution in [0.3, 0.4) is 0 Å². The molecule has 0 saturated heterocycles. The van der Waals surface area contributed by atoms with E-state index in [1.54, 1.807) is 0 Å². The molecule has 0 unspecified atom stereocenters. The van der Waals surface area contributed by atoms with Crippen LogP contribution < -0.4 is 5.32 Å². The number of nitrogens with one attached hydrogen (secondary N) is 1. The lowest BCUT2D eigenvalue weighted by atomic mass is 9.96. The lowest BCUT2D eigenvalue weighted by Gasteiger charge is -2.17. The van der Waals surface area contributed by atoms with E-state index in [1.165, 1.54) is 0 Å². The monoisotopic (exact) mass is 273 g/mol. The van der Waals surface area contributed by atoms with Crippen molar-refractivity contribution >= 4 is 16.9 Å². The van der Waals surface area contributed by atoms with E-state index in [0.717, 1.165) is 29.8 Å². The number of benzene rings is 1. The molecule has 1 N–H and O–H groups in total. The van der Waals surface area contributed by atoms with Gasteiger partial charge in [0, 0.05) is 24.9 Å². The van der Waals surface area contributed by atoms with Crippen LogP contribution in [0, 0.1) is 5.41 Å². The molecule has 1 heterocycles. The van der Waals surface area contributed by atoms with Crippen LogP contribution in [0.4, 0.5) is 0 Å². The van der Waals surface area contributed by atoms with Gasteiger partial charge in [0.15, 0.2) is 0 Å². The summed E-state index contributed by atoms with van der Waals surface area (Å²) < 4.78 is 2.21. The van der Waals surface area contributed by atoms with E-state index in [0.29, 0.717) is 6.54 Å². The van der Waals surface area contributed by atoms with Crippen molar-refractivity contribution in [2.24, 2.45) is 5.41 Å². The highest BCUT2D eigenvalue weighted by molar-refractivity contribution is 5.81. The molecule has 0 aliphatic heterocycles. The third kappa shape index (κ3) is 3.00. The molecule has 108 valence electrons. The Morgan fingerprint density at radius 1 is 1.30 bits per heavy atom. The fraction of sp³-hybridized carbons (Fsp3) is 0.500. The van der Waals surface area contributed by atoms with Gasteiger partial charge in [-0.25, -0.2) is 4.98 Å². The van der Waals surface area contributed by atoms with Gasteiger partial charge in [-0.05, 0) is 19.1 Å². The Labute approximate surface area is 120 Å². The zero-order chi connectivity index (χ0) is 14.8. The fourth-order valence-corrected chi connectivity index (χ4v) is 2.22. The molecule has 4 nitrogen and oxygen atoms in total. The highest BCUT2D eigenvalue weighted by Gasteiger charge is 2.20. The molecule has 1 amide bonds. The van der Waals surface area contributed by atoms with Gasteiger partial charge in [0.2, 0.25) is 5.91 Å². The first kappa shape index (κ1) is 14.6. The minimum atomic E-state index is -0.342. The van der Waals surface area contributed by atoms with Crippen LogP contribution in [0.1, 0.15) is 33.5 Å². The second kappa shape index (κ2) is 5.65. The number of imidazole rings is 1. The van der Waals surface area contributed by atoms with E-state index < -0.39 is 0 Å². The second-order valence-corrected chi connectivity index (χ2v) is 6.02. The summed E-state index contributed by atoms with van der Waals surface area (Å²) in [5.41, 5.74) is 1.84. The van der Waals surface area contributed by atoms with Crippen molar-refractivity contribution in [3.63, 3.8) is 0 Å². The lowest BCUT2D eigenvalue weighted by molar-refractivity contribution is -0.128. The molecule has 20 heavy (non-hydrogen) atoms. The first-order valence-electron chi connectivity index (χ1n) is 7.16. The van der Waals surface area contributed by atoms with Gasteiger partial charge >= 0.3 is 0 Å². The molecule has 0 bridgehead atoms. The predicted octanol–water partition coefficient (Wildman–Crippen LogP) is 2.76. The van der Waals surface area contributed by atoms with E-state index >= 15 is 0 Å². The van der Waals surface area contributed by atoms with Gasteiger partial charge in [-0.3, -0.25) is 4.79 Å². The summed E-state index contributed by atoms with van der Waals surface area (Å²) in [7, 11) is 0. The number of fused-ring (bicyclic) bond motifs is 1. The van der Waals surface area contributed by atoms with Crippen molar-refractivity contribution in [1.29, 1.82) is 0 Å². The number of carbonyl (C=O) groups is 1. The molecule has 0 saturated carbocycles. The van der Waals surface area contributed by atoms with Crippen molar-refractivity contribution in [1.82, 2.24) is 14.9 Å². The van der Waals surface area contributed by atoms with Gasteiger partial charge in [-0.15, -0.1) is 0 Å². The maximum Gasteiger partial charge on any atom is 0.225 e. The van der Waals surface area contributed by atoms with Crippen molar-refractivity contribution in [2.45, 2.75) is 40.7 Å². The highest BCUT2D eigenvalue weighted by atomic mass is 16.2. The standard InChI is InChI=1S/C16H23N3O/c1-5-19-13-9-7-6-8-12(13)18-14(19)10-11-17-15(20)16(2,3)4/h6-9H,5,10-11H2,1-4H3,(H,17,20). The van der Waals surface area contributed by atoms with E-state index in [4.69, 9.17) is 0 Å². The minimum Gasteiger partial charge on any atom is -0.355 e. The molecule has 0 aliphatic rings. The number of amides is 1. The van der Waals surface area contributed by atoms with Crippen LogP contribution in [0.25, 0.3) is 11.0 Å². The number of nitrogens with zero attached hydrogens (tertiary/aromatic N) is 2. The molecule has 1 aromatic heterocycles. The lowest BCUT2D eigenvalue weighted by Crippen LogP contribution is -2.36. The largest absolute Gasteiger partial charge is 0.355 e. The van der Waals surface area contributed by atoms with Gasteiger partial charge in [-0.2, -0.15) is 0 Å². The maximum atomic E-state index is 11.8. The number of para-hydroxylation sites is 2. The van der Waals surface area contributed by atoms with Crippen LogP contribution in [-0.4, -0.2) is 22.0 Å². The number of hydrogen-bond acceptors (Lipinski definition) is 2. The molecule has 0 spiro atoms. The predicted molar refractivity (Wildman–Crippen MR) is 81.6 cm³/mol. The highest BCUT2D eigenvalue weighted by Crippen LogP contribution is 2.16. The molecule has 2 aromatic rings. The summed E-state index contributed by atoms with van der Waals surface area (Å²) in [5.74, 6) is 1.11. The van der Waals surface area contributed by atoms with E-state index in [1.807, 2.05) is 39.0 Å². The average Bonchev–Trinajstić information content (AvgIpc) is 2.74. The Bertz CT molecular complexity index is 608. The van der Waals surface area contributed by atoms with Crippen LogP contribution in [0.15, 0.2) is 24.3 Å². The molecule has 1 aromatic carbocycles. The third-order valence-corrected chi connectivity index (χ3v) is 3.37. The number of aromatic nitrogens is 2. The van der Waals surface area contributed by atoms with Crippen LogP contribution >= 0.6 is 0 Å². The van der Waals surface area contributed by atoms with Crippen LogP contribution in [-0.2, 0) is 17.8 Å². The molecular weight excluding hydrogens is 250 g/mol. The van der Waals surface area contributed by atoms with Crippen molar-refractivity contribution < 1.29 is 4.79 Å². The molecule has 4 heteroatoms. The summed E-state index contributed by atoms with van der Waals surface area (Å²) in [4.78, 5) is 16.5. The summed E-state index contributed by atoms with van der Waals surface area (Å²) in [6, 6.07) is 8.14. The SMILES string of the molecule is CCn1c(CCNC(=O)C(C)(C)C)nc2ccccc21. The van der Waals surface area contributed by atoms with Crippen LogP contribution in [0.5, 0.6) is 0 Å². The first-order valence-corrected chi connectivity index (χ1v) is 7.16. The van der Waals surface area contributed by atoms with E-state index in [2.05, 4.69) is 27.9 Å². The summed E-state index contributed by atoms with van der Waals surface area (Å²) >= 11 is 0. The number of hydrogen-bond donors (Lipinski definition) is 1. The molecule has 0 radical (unpaired) electrons. The average molecular weight is 273 g/mol. The van der Waals surface area contributed by atoms with Crippen molar-refractivity contribution in [2.75, 3.05) is 6.54 Å². The summed E-state index contributed by atoms with van der Waals surface area (Å²) in [5, 5.41) is 2.97. The number of carbonyl (C=O) groups excluding carboxylic acids is 1. The Balaban J connectivity index is 2.08. The molecule has 0 atom stereocenters. The Hall–Kier alpha value is -1.84. The quantitative estimate of drug-likeness (QED) is 0.931. The van der Waals surface area contributed by atoms with Gasteiger partial charge in [0.25, 0.3) is 0 Å². The smallest absolute Gasteiger partial charge is 0.225 e. The summed E-state index contributed by atoms with van der Waals surface area (Å²) in [6.45, 7) is 9.39. The fourth-order valence-electron chi connectivity index (χ4n) is 2.22. The summed E-state index contributed by atoms with van der Waals surface area (Å²) in [6.07, 6.45) is 0.754. The molecule has 0 fully saturated rings. The maximum absolute atomic E-state index is 11.8. The topological polar surface area (TPSA) is 46.9 Å². The molecule has 0 aliphatic carbocycles. The second-order valence-electron chi connectivity index (χ2n) is 6.02. The van der Waals surface area contributed by atoms with Gasteiger partial charge in [-0.1, -0.05) is 32.9 Å². The van der Waals surface area contributed by atoms with Crippen molar-refractivity contribution in [3.8, 4) is 0 Å².